The SMILES string of the molecule is CC(C)CC(NC(=O)CSc1nnc(COc2ccc(C(C)C)cc2)n1N)c1ccccc1. The van der Waals surface area contributed by atoms with E-state index < -0.39 is 0 Å². The number of aromatic nitrogens is 3. The second kappa shape index (κ2) is 11.7. The second-order valence-corrected chi connectivity index (χ2v) is 9.67. The zero-order valence-corrected chi connectivity index (χ0v) is 20.5. The Morgan fingerprint density at radius 2 is 1.73 bits per heavy atom. The first-order chi connectivity index (χ1) is 15.8. The maximum Gasteiger partial charge on any atom is 0.230 e. The summed E-state index contributed by atoms with van der Waals surface area (Å²) < 4.78 is 7.17. The molecule has 3 aromatic rings. The zero-order chi connectivity index (χ0) is 23.8. The number of hydrogen-bond donors (Lipinski definition) is 2. The Kier molecular flexibility index (Phi) is 8.77. The van der Waals surface area contributed by atoms with Gasteiger partial charge in [-0.2, -0.15) is 0 Å². The lowest BCUT2D eigenvalue weighted by molar-refractivity contribution is -0.119. The van der Waals surface area contributed by atoms with Crippen LogP contribution in [0.3, 0.4) is 0 Å². The molecular weight excluding hydrogens is 434 g/mol. The van der Waals surface area contributed by atoms with Crippen molar-refractivity contribution in [3.8, 4) is 5.75 Å². The maximum absolute atomic E-state index is 12.6. The quantitative estimate of drug-likeness (QED) is 0.314. The van der Waals surface area contributed by atoms with E-state index in [2.05, 4.69) is 55.3 Å². The number of nitrogens with zero attached hydrogens (tertiary/aromatic N) is 3. The number of rotatable bonds is 11. The van der Waals surface area contributed by atoms with Crippen LogP contribution in [0.1, 0.15) is 63.0 Å². The lowest BCUT2D eigenvalue weighted by atomic mass is 9.97. The molecule has 176 valence electrons. The Hall–Kier alpha value is -3.00. The molecule has 0 saturated carbocycles. The van der Waals surface area contributed by atoms with Crippen LogP contribution in [-0.2, 0) is 11.4 Å². The number of ether oxygens (including phenoxy) is 1. The third-order valence-corrected chi connectivity index (χ3v) is 6.17. The van der Waals surface area contributed by atoms with E-state index >= 15 is 0 Å². The van der Waals surface area contributed by atoms with Crippen molar-refractivity contribution in [2.45, 2.75) is 57.8 Å². The van der Waals surface area contributed by atoms with Gasteiger partial charge < -0.3 is 15.9 Å². The Bertz CT molecular complexity index is 1020. The van der Waals surface area contributed by atoms with Crippen LogP contribution in [0.15, 0.2) is 59.8 Å². The minimum Gasteiger partial charge on any atom is -0.486 e. The van der Waals surface area contributed by atoms with Crippen molar-refractivity contribution in [1.29, 1.82) is 0 Å². The number of nitrogens with two attached hydrogens (primary N) is 1. The highest BCUT2D eigenvalue weighted by Gasteiger charge is 2.18. The standard InChI is InChI=1S/C25H33N5O2S/c1-17(2)14-22(20-8-6-5-7-9-20)27-24(31)16-33-25-29-28-23(30(25)26)15-32-21-12-10-19(11-13-21)18(3)4/h5-13,17-18,22H,14-16,26H2,1-4H3,(H,27,31). The van der Waals surface area contributed by atoms with Crippen LogP contribution in [-0.4, -0.2) is 26.5 Å². The third-order valence-electron chi connectivity index (χ3n) is 5.23. The first-order valence-electron chi connectivity index (χ1n) is 11.2. The molecule has 1 heterocycles. The van der Waals surface area contributed by atoms with Crippen molar-refractivity contribution in [3.63, 3.8) is 0 Å². The van der Waals surface area contributed by atoms with Gasteiger partial charge in [-0.25, -0.2) is 4.68 Å². The van der Waals surface area contributed by atoms with Crippen LogP contribution < -0.4 is 15.9 Å². The normalized spacial score (nSPS) is 12.2. The number of hydrogen-bond acceptors (Lipinski definition) is 6. The summed E-state index contributed by atoms with van der Waals surface area (Å²) in [6, 6.07) is 18.0. The van der Waals surface area contributed by atoms with Crippen LogP contribution in [0.4, 0.5) is 0 Å². The fourth-order valence-corrected chi connectivity index (χ4v) is 4.09. The van der Waals surface area contributed by atoms with Crippen molar-refractivity contribution in [2.24, 2.45) is 5.92 Å². The summed E-state index contributed by atoms with van der Waals surface area (Å²) in [7, 11) is 0. The molecule has 0 aliphatic rings. The van der Waals surface area contributed by atoms with Crippen molar-refractivity contribution in [1.82, 2.24) is 20.2 Å². The van der Waals surface area contributed by atoms with Gasteiger partial charge in [-0.1, -0.05) is 81.9 Å². The average molecular weight is 468 g/mol. The molecule has 1 aromatic heterocycles. The molecule has 1 atom stereocenters. The van der Waals surface area contributed by atoms with Crippen LogP contribution in [0.5, 0.6) is 5.75 Å². The highest BCUT2D eigenvalue weighted by molar-refractivity contribution is 7.99. The van der Waals surface area contributed by atoms with Gasteiger partial charge in [-0.15, -0.1) is 10.2 Å². The summed E-state index contributed by atoms with van der Waals surface area (Å²) in [5.74, 6) is 8.43. The second-order valence-electron chi connectivity index (χ2n) is 8.73. The Labute approximate surface area is 200 Å². The summed E-state index contributed by atoms with van der Waals surface area (Å²) >= 11 is 1.26. The zero-order valence-electron chi connectivity index (χ0n) is 19.7. The van der Waals surface area contributed by atoms with Gasteiger partial charge >= 0.3 is 0 Å². The van der Waals surface area contributed by atoms with E-state index in [9.17, 15) is 4.79 Å². The van der Waals surface area contributed by atoms with Gasteiger partial charge in [0.15, 0.2) is 5.82 Å². The van der Waals surface area contributed by atoms with Gasteiger partial charge in [0.1, 0.15) is 12.4 Å². The first kappa shape index (κ1) is 24.6. The molecule has 3 N–H and O–H groups in total. The van der Waals surface area contributed by atoms with E-state index in [4.69, 9.17) is 10.6 Å². The number of carbonyl (C=O) groups excluding carboxylic acids is 1. The number of thioether (sulfide) groups is 1. The predicted octanol–water partition coefficient (Wildman–Crippen LogP) is 4.69. The molecule has 0 aliphatic carbocycles. The number of amides is 1. The fraction of sp³-hybridized carbons (Fsp3) is 0.400. The largest absolute Gasteiger partial charge is 0.486 e. The summed E-state index contributed by atoms with van der Waals surface area (Å²) in [6.07, 6.45) is 0.868. The molecule has 0 aliphatic heterocycles. The average Bonchev–Trinajstić information content (AvgIpc) is 3.15. The van der Waals surface area contributed by atoms with Gasteiger partial charge in [0.2, 0.25) is 11.1 Å². The smallest absolute Gasteiger partial charge is 0.230 e. The van der Waals surface area contributed by atoms with Crippen molar-refractivity contribution in [3.05, 3.63) is 71.5 Å². The van der Waals surface area contributed by atoms with E-state index in [0.717, 1.165) is 17.7 Å². The van der Waals surface area contributed by atoms with E-state index in [1.54, 1.807) is 0 Å². The first-order valence-corrected chi connectivity index (χ1v) is 12.2. The molecular formula is C25H33N5O2S. The molecule has 33 heavy (non-hydrogen) atoms. The highest BCUT2D eigenvalue weighted by Crippen LogP contribution is 2.23. The molecule has 8 heteroatoms. The van der Waals surface area contributed by atoms with E-state index in [1.165, 1.54) is 22.0 Å². The molecule has 2 aromatic carbocycles. The summed E-state index contributed by atoms with van der Waals surface area (Å²) in [4.78, 5) is 12.6. The van der Waals surface area contributed by atoms with Crippen LogP contribution in [0, 0.1) is 5.92 Å². The molecule has 1 unspecified atom stereocenters. The molecule has 7 nitrogen and oxygen atoms in total. The number of carbonyl (C=O) groups is 1. The number of nitrogens with one attached hydrogen (secondary N) is 1. The maximum atomic E-state index is 12.6. The lowest BCUT2D eigenvalue weighted by Gasteiger charge is -2.21. The molecule has 1 amide bonds. The van der Waals surface area contributed by atoms with Gasteiger partial charge in [0.25, 0.3) is 0 Å². The van der Waals surface area contributed by atoms with Crippen LogP contribution >= 0.6 is 11.8 Å². The summed E-state index contributed by atoms with van der Waals surface area (Å²) in [5, 5.41) is 11.8. The Balaban J connectivity index is 1.53. The number of nitrogen functional groups attached to an aromatic ring is 1. The van der Waals surface area contributed by atoms with Crippen molar-refractivity contribution < 1.29 is 9.53 Å². The predicted molar refractivity (Wildman–Crippen MR) is 133 cm³/mol. The lowest BCUT2D eigenvalue weighted by Crippen LogP contribution is -2.31. The van der Waals surface area contributed by atoms with E-state index in [0.29, 0.717) is 22.8 Å². The monoisotopic (exact) mass is 467 g/mol. The topological polar surface area (TPSA) is 95.1 Å². The molecule has 0 saturated heterocycles. The van der Waals surface area contributed by atoms with Crippen molar-refractivity contribution >= 4 is 17.7 Å². The summed E-state index contributed by atoms with van der Waals surface area (Å²) in [5.41, 5.74) is 2.36. The van der Waals surface area contributed by atoms with Gasteiger partial charge in [0, 0.05) is 0 Å². The van der Waals surface area contributed by atoms with E-state index in [1.807, 2.05) is 42.5 Å². The van der Waals surface area contributed by atoms with Gasteiger partial charge in [0.05, 0.1) is 11.8 Å². The fourth-order valence-electron chi connectivity index (χ4n) is 3.40. The molecule has 0 radical (unpaired) electrons. The Morgan fingerprint density at radius 1 is 1.03 bits per heavy atom. The minimum atomic E-state index is -0.0689. The summed E-state index contributed by atoms with van der Waals surface area (Å²) in [6.45, 7) is 8.80. The molecule has 0 bridgehead atoms. The minimum absolute atomic E-state index is 0.0268. The molecule has 0 spiro atoms. The van der Waals surface area contributed by atoms with Crippen molar-refractivity contribution in [2.75, 3.05) is 11.6 Å². The van der Waals surface area contributed by atoms with Gasteiger partial charge in [-0.3, -0.25) is 4.79 Å². The van der Waals surface area contributed by atoms with Gasteiger partial charge in [-0.05, 0) is 41.5 Å². The molecule has 0 fully saturated rings. The molecule has 3 rings (SSSR count). The third kappa shape index (κ3) is 7.25. The number of benzene rings is 2. The highest BCUT2D eigenvalue weighted by atomic mass is 32.2. The van der Waals surface area contributed by atoms with E-state index in [-0.39, 0.29) is 24.3 Å². The Morgan fingerprint density at radius 3 is 2.36 bits per heavy atom. The van der Waals surface area contributed by atoms with Crippen LogP contribution in [0.2, 0.25) is 0 Å². The van der Waals surface area contributed by atoms with Crippen LogP contribution in [0.25, 0.3) is 0 Å².